The number of carbonyl (C=O) groups excluding carboxylic acids is 1. The fraction of sp³-hybridized carbons (Fsp3) is 0.100. The van der Waals surface area contributed by atoms with Gasteiger partial charge < -0.3 is 15.9 Å². The Labute approximate surface area is 107 Å². The van der Waals surface area contributed by atoms with Gasteiger partial charge in [-0.3, -0.25) is 4.79 Å². The molecule has 1 aromatic carbocycles. The Morgan fingerprint density at radius 3 is 2.94 bits per heavy atom. The maximum atomic E-state index is 11.2. The number of nitrogens with two attached hydrogens (primary N) is 2. The van der Waals surface area contributed by atoms with Gasteiger partial charge >= 0.3 is 0 Å². The number of hydrogen-bond acceptors (Lipinski definition) is 7. The van der Waals surface area contributed by atoms with E-state index in [1.807, 2.05) is 0 Å². The second-order valence-electron chi connectivity index (χ2n) is 3.34. The SMILES string of the molecule is NNc1snnc1COc1ccccc1C(N)=O. The van der Waals surface area contributed by atoms with Crippen molar-refractivity contribution in [1.29, 1.82) is 0 Å². The first kappa shape index (κ1) is 12.3. The molecule has 8 heteroatoms. The third-order valence-corrected chi connectivity index (χ3v) is 2.90. The summed E-state index contributed by atoms with van der Waals surface area (Å²) in [6.07, 6.45) is 0. The van der Waals surface area contributed by atoms with Crippen LogP contribution in [0.4, 0.5) is 5.00 Å². The average Bonchev–Trinajstić information content (AvgIpc) is 2.84. The van der Waals surface area contributed by atoms with Crippen molar-refractivity contribution in [3.05, 3.63) is 35.5 Å². The smallest absolute Gasteiger partial charge is 0.252 e. The number of nitrogens with zero attached hydrogens (tertiary/aromatic N) is 2. The summed E-state index contributed by atoms with van der Waals surface area (Å²) in [5.41, 5.74) is 8.61. The van der Waals surface area contributed by atoms with Crippen LogP contribution in [0.5, 0.6) is 5.75 Å². The van der Waals surface area contributed by atoms with Gasteiger partial charge in [0.25, 0.3) is 5.91 Å². The van der Waals surface area contributed by atoms with Gasteiger partial charge in [0.1, 0.15) is 18.1 Å². The third-order valence-electron chi connectivity index (χ3n) is 2.20. The second kappa shape index (κ2) is 5.43. The highest BCUT2D eigenvalue weighted by Crippen LogP contribution is 2.21. The molecule has 1 aromatic heterocycles. The first-order valence-corrected chi connectivity index (χ1v) is 5.79. The minimum atomic E-state index is -0.542. The molecule has 0 aliphatic heterocycles. The predicted octanol–water partition coefficient (Wildman–Crippen LogP) is 0.502. The zero-order valence-electron chi connectivity index (χ0n) is 9.29. The summed E-state index contributed by atoms with van der Waals surface area (Å²) in [6, 6.07) is 6.72. The van der Waals surface area contributed by atoms with E-state index in [4.69, 9.17) is 16.3 Å². The Bertz CT molecular complexity index is 557. The molecule has 2 rings (SSSR count). The fourth-order valence-corrected chi connectivity index (χ4v) is 1.83. The van der Waals surface area contributed by atoms with E-state index in [0.29, 0.717) is 22.0 Å². The molecule has 0 aliphatic rings. The lowest BCUT2D eigenvalue weighted by Crippen LogP contribution is -2.13. The lowest BCUT2D eigenvalue weighted by atomic mass is 10.2. The molecular formula is C10H11N5O2S. The van der Waals surface area contributed by atoms with Gasteiger partial charge in [-0.15, -0.1) is 5.10 Å². The molecular weight excluding hydrogens is 254 g/mol. The Morgan fingerprint density at radius 1 is 1.44 bits per heavy atom. The highest BCUT2D eigenvalue weighted by Gasteiger charge is 2.11. The number of hydrazine groups is 1. The zero-order valence-corrected chi connectivity index (χ0v) is 10.1. The summed E-state index contributed by atoms with van der Waals surface area (Å²) in [4.78, 5) is 11.2. The van der Waals surface area contributed by atoms with E-state index in [1.165, 1.54) is 0 Å². The second-order valence-corrected chi connectivity index (χ2v) is 4.10. The number of rotatable bonds is 5. The Morgan fingerprint density at radius 2 is 2.22 bits per heavy atom. The fourth-order valence-electron chi connectivity index (χ4n) is 1.35. The molecule has 0 saturated heterocycles. The molecule has 0 aliphatic carbocycles. The number of hydrogen-bond donors (Lipinski definition) is 3. The highest BCUT2D eigenvalue weighted by molar-refractivity contribution is 7.10. The molecule has 2 aromatic rings. The summed E-state index contributed by atoms with van der Waals surface area (Å²) in [6.45, 7) is 0.153. The van der Waals surface area contributed by atoms with Crippen molar-refractivity contribution in [3.8, 4) is 5.75 Å². The lowest BCUT2D eigenvalue weighted by Gasteiger charge is -2.08. The summed E-state index contributed by atoms with van der Waals surface area (Å²) < 4.78 is 9.23. The molecule has 18 heavy (non-hydrogen) atoms. The van der Waals surface area contributed by atoms with Gasteiger partial charge in [-0.05, 0) is 12.1 Å². The van der Waals surface area contributed by atoms with Crippen LogP contribution in [0.15, 0.2) is 24.3 Å². The van der Waals surface area contributed by atoms with Crippen LogP contribution in [0.1, 0.15) is 16.1 Å². The highest BCUT2D eigenvalue weighted by atomic mass is 32.1. The van der Waals surface area contributed by atoms with Crippen LogP contribution >= 0.6 is 11.5 Å². The van der Waals surface area contributed by atoms with Crippen LogP contribution in [0.2, 0.25) is 0 Å². The van der Waals surface area contributed by atoms with E-state index in [-0.39, 0.29) is 6.61 Å². The predicted molar refractivity (Wildman–Crippen MR) is 67.0 cm³/mol. The van der Waals surface area contributed by atoms with Gasteiger partial charge in [-0.2, -0.15) is 0 Å². The standard InChI is InChI=1S/C10H11N5O2S/c11-9(16)6-3-1-2-4-8(6)17-5-7-10(13-12)18-15-14-7/h1-4,13H,5,12H2,(H2,11,16). The number of benzene rings is 1. The molecule has 1 amide bonds. The van der Waals surface area contributed by atoms with Crippen LogP contribution in [0.3, 0.4) is 0 Å². The van der Waals surface area contributed by atoms with Crippen molar-refractivity contribution < 1.29 is 9.53 Å². The van der Waals surface area contributed by atoms with Gasteiger partial charge in [-0.25, -0.2) is 5.84 Å². The van der Waals surface area contributed by atoms with Crippen molar-refractivity contribution in [2.75, 3.05) is 5.43 Å². The van der Waals surface area contributed by atoms with Crippen molar-refractivity contribution >= 4 is 22.4 Å². The minimum Gasteiger partial charge on any atom is -0.486 e. The molecule has 0 saturated carbocycles. The van der Waals surface area contributed by atoms with Crippen LogP contribution in [-0.4, -0.2) is 15.5 Å². The van der Waals surface area contributed by atoms with Gasteiger partial charge in [0.05, 0.1) is 5.56 Å². The Hall–Kier alpha value is -2.19. The van der Waals surface area contributed by atoms with Crippen LogP contribution in [-0.2, 0) is 6.61 Å². The number of primary amides is 1. The molecule has 94 valence electrons. The first-order valence-electron chi connectivity index (χ1n) is 5.02. The molecule has 7 nitrogen and oxygen atoms in total. The first-order chi connectivity index (χ1) is 8.72. The van der Waals surface area contributed by atoms with Crippen molar-refractivity contribution in [3.63, 3.8) is 0 Å². The summed E-state index contributed by atoms with van der Waals surface area (Å²) in [5, 5.41) is 4.48. The molecule has 0 atom stereocenters. The number of para-hydroxylation sites is 1. The maximum absolute atomic E-state index is 11.2. The zero-order chi connectivity index (χ0) is 13.0. The summed E-state index contributed by atoms with van der Waals surface area (Å²) in [5.74, 6) is 5.15. The van der Waals surface area contributed by atoms with Crippen LogP contribution in [0, 0.1) is 0 Å². The number of carbonyl (C=O) groups is 1. The van der Waals surface area contributed by atoms with Crippen molar-refractivity contribution in [1.82, 2.24) is 9.59 Å². The van der Waals surface area contributed by atoms with E-state index in [2.05, 4.69) is 15.0 Å². The van der Waals surface area contributed by atoms with E-state index >= 15 is 0 Å². The topological polar surface area (TPSA) is 116 Å². The van der Waals surface area contributed by atoms with Gasteiger partial charge in [0.2, 0.25) is 0 Å². The third kappa shape index (κ3) is 2.55. The van der Waals surface area contributed by atoms with Gasteiger partial charge in [0, 0.05) is 11.5 Å². The molecule has 0 radical (unpaired) electrons. The average molecular weight is 265 g/mol. The van der Waals surface area contributed by atoms with Gasteiger partial charge in [0.15, 0.2) is 5.00 Å². The molecule has 5 N–H and O–H groups in total. The quantitative estimate of drug-likeness (QED) is 0.535. The number of ether oxygens (including phenoxy) is 1. The molecule has 0 fully saturated rings. The number of aromatic nitrogens is 2. The van der Waals surface area contributed by atoms with Crippen LogP contribution in [0.25, 0.3) is 0 Å². The normalized spacial score (nSPS) is 10.1. The summed E-state index contributed by atoms with van der Waals surface area (Å²) in [7, 11) is 0. The van der Waals surface area contributed by atoms with E-state index in [9.17, 15) is 4.79 Å². The number of amides is 1. The largest absolute Gasteiger partial charge is 0.486 e. The number of nitrogen functional groups attached to an aromatic ring is 1. The monoisotopic (exact) mass is 265 g/mol. The molecule has 0 unspecified atom stereocenters. The van der Waals surface area contributed by atoms with Crippen LogP contribution < -0.4 is 21.7 Å². The van der Waals surface area contributed by atoms with Crippen molar-refractivity contribution in [2.45, 2.75) is 6.61 Å². The molecule has 0 bridgehead atoms. The minimum absolute atomic E-state index is 0.153. The number of anilines is 1. The maximum Gasteiger partial charge on any atom is 0.252 e. The van der Waals surface area contributed by atoms with Gasteiger partial charge in [-0.1, -0.05) is 16.6 Å². The van der Waals surface area contributed by atoms with E-state index in [1.54, 1.807) is 24.3 Å². The summed E-state index contributed by atoms with van der Waals surface area (Å²) >= 11 is 1.13. The lowest BCUT2D eigenvalue weighted by molar-refractivity contribution is 0.0996. The van der Waals surface area contributed by atoms with E-state index < -0.39 is 5.91 Å². The number of nitrogens with one attached hydrogen (secondary N) is 1. The van der Waals surface area contributed by atoms with Crippen molar-refractivity contribution in [2.24, 2.45) is 11.6 Å². The Balaban J connectivity index is 2.13. The Kier molecular flexibility index (Phi) is 3.70. The molecule has 1 heterocycles. The van der Waals surface area contributed by atoms with E-state index in [0.717, 1.165) is 11.5 Å². The molecule has 0 spiro atoms.